The van der Waals surface area contributed by atoms with Crippen LogP contribution in [0.15, 0.2) is 36.9 Å². The van der Waals surface area contributed by atoms with E-state index < -0.39 is 0 Å². The lowest BCUT2D eigenvalue weighted by atomic mass is 10.2. The number of hydrogen-bond donors (Lipinski definition) is 2. The van der Waals surface area contributed by atoms with E-state index in [1.807, 2.05) is 0 Å². The summed E-state index contributed by atoms with van der Waals surface area (Å²) in [5.74, 6) is 0.434. The van der Waals surface area contributed by atoms with Crippen LogP contribution >= 0.6 is 0 Å². The first-order chi connectivity index (χ1) is 10.1. The van der Waals surface area contributed by atoms with Gasteiger partial charge in [-0.05, 0) is 30.7 Å². The number of anilines is 3. The second kappa shape index (κ2) is 5.16. The molecule has 0 atom stereocenters. The minimum Gasteiger partial charge on any atom is -0.368 e. The Labute approximate surface area is 119 Å². The van der Waals surface area contributed by atoms with Crippen molar-refractivity contribution >= 4 is 17.6 Å². The largest absolute Gasteiger partial charge is 0.368 e. The number of rotatable bonds is 3. The van der Waals surface area contributed by atoms with Crippen LogP contribution in [0.25, 0.3) is 5.95 Å². The van der Waals surface area contributed by atoms with Crippen LogP contribution in [0, 0.1) is 12.7 Å². The Hall–Kier alpha value is -3.03. The minimum absolute atomic E-state index is 0.0787. The molecule has 0 radical (unpaired) electrons. The predicted octanol–water partition coefficient (Wildman–Crippen LogP) is 1.83. The molecule has 3 rings (SSSR count). The molecule has 8 heteroatoms. The highest BCUT2D eigenvalue weighted by atomic mass is 19.1. The van der Waals surface area contributed by atoms with Gasteiger partial charge in [0.25, 0.3) is 0 Å². The smallest absolute Gasteiger partial charge is 0.241 e. The van der Waals surface area contributed by atoms with Gasteiger partial charge in [-0.25, -0.2) is 9.37 Å². The summed E-state index contributed by atoms with van der Waals surface area (Å²) in [5.41, 5.74) is 6.87. The van der Waals surface area contributed by atoms with E-state index in [9.17, 15) is 4.39 Å². The predicted molar refractivity (Wildman–Crippen MR) is 75.8 cm³/mol. The average molecular weight is 285 g/mol. The van der Waals surface area contributed by atoms with Crippen molar-refractivity contribution in [3.05, 3.63) is 48.3 Å². The number of aromatic nitrogens is 5. The van der Waals surface area contributed by atoms with Crippen molar-refractivity contribution in [3.8, 4) is 5.95 Å². The second-order valence-electron chi connectivity index (χ2n) is 4.38. The normalized spacial score (nSPS) is 10.6. The Morgan fingerprint density at radius 2 is 2.10 bits per heavy atom. The fourth-order valence-corrected chi connectivity index (χ4v) is 1.78. The summed E-state index contributed by atoms with van der Waals surface area (Å²) in [6.07, 6.45) is 4.86. The van der Waals surface area contributed by atoms with Crippen molar-refractivity contribution in [1.29, 1.82) is 0 Å². The van der Waals surface area contributed by atoms with Gasteiger partial charge < -0.3 is 11.1 Å². The van der Waals surface area contributed by atoms with Crippen LogP contribution in [0.3, 0.4) is 0 Å². The summed E-state index contributed by atoms with van der Waals surface area (Å²) in [7, 11) is 0. The Balaban J connectivity index is 1.93. The Bertz CT molecular complexity index is 770. The molecule has 1 aromatic carbocycles. The van der Waals surface area contributed by atoms with E-state index in [4.69, 9.17) is 5.73 Å². The van der Waals surface area contributed by atoms with E-state index >= 15 is 0 Å². The number of aryl methyl sites for hydroxylation is 1. The maximum Gasteiger partial charge on any atom is 0.241 e. The van der Waals surface area contributed by atoms with Gasteiger partial charge in [0.05, 0.1) is 0 Å². The lowest BCUT2D eigenvalue weighted by Crippen LogP contribution is -2.08. The zero-order valence-corrected chi connectivity index (χ0v) is 11.2. The fourth-order valence-electron chi connectivity index (χ4n) is 1.78. The molecular weight excluding hydrogens is 273 g/mol. The first kappa shape index (κ1) is 13.0. The van der Waals surface area contributed by atoms with Crippen molar-refractivity contribution in [2.45, 2.75) is 6.92 Å². The van der Waals surface area contributed by atoms with E-state index in [0.717, 1.165) is 0 Å². The maximum atomic E-state index is 13.3. The van der Waals surface area contributed by atoms with Gasteiger partial charge >= 0.3 is 0 Å². The van der Waals surface area contributed by atoms with Gasteiger partial charge in [0.2, 0.25) is 17.8 Å². The summed E-state index contributed by atoms with van der Waals surface area (Å²) >= 11 is 0. The molecule has 3 aromatic rings. The van der Waals surface area contributed by atoms with Gasteiger partial charge in [0, 0.05) is 18.1 Å². The summed E-state index contributed by atoms with van der Waals surface area (Å²) in [4.78, 5) is 16.2. The standard InChI is InChI=1S/C13H12FN7/c1-8-6-9(2-3-10(8)14)17-12-18-11(15)19-13(20-12)21-5-4-16-7-21/h2-7H,1H3,(H3,15,17,18,19,20). The van der Waals surface area contributed by atoms with Crippen molar-refractivity contribution in [2.24, 2.45) is 0 Å². The summed E-state index contributed by atoms with van der Waals surface area (Å²) in [6, 6.07) is 4.63. The number of nitrogens with two attached hydrogens (primary N) is 1. The highest BCUT2D eigenvalue weighted by molar-refractivity contribution is 5.55. The van der Waals surface area contributed by atoms with Crippen LogP contribution in [-0.4, -0.2) is 24.5 Å². The van der Waals surface area contributed by atoms with Crippen molar-refractivity contribution < 1.29 is 4.39 Å². The molecule has 21 heavy (non-hydrogen) atoms. The van der Waals surface area contributed by atoms with Crippen LogP contribution in [0.2, 0.25) is 0 Å². The number of imidazole rings is 1. The zero-order valence-electron chi connectivity index (χ0n) is 11.2. The Morgan fingerprint density at radius 3 is 2.81 bits per heavy atom. The first-order valence-corrected chi connectivity index (χ1v) is 6.15. The van der Waals surface area contributed by atoms with E-state index in [0.29, 0.717) is 17.2 Å². The van der Waals surface area contributed by atoms with Gasteiger partial charge in [0.1, 0.15) is 12.1 Å². The number of halogens is 1. The SMILES string of the molecule is Cc1cc(Nc2nc(N)nc(-n3ccnc3)n2)ccc1F. The summed E-state index contributed by atoms with van der Waals surface area (Å²) in [5, 5.41) is 2.97. The maximum absolute atomic E-state index is 13.3. The summed E-state index contributed by atoms with van der Waals surface area (Å²) in [6.45, 7) is 1.68. The molecule has 0 fully saturated rings. The molecule has 3 N–H and O–H groups in total. The van der Waals surface area contributed by atoms with Gasteiger partial charge in [-0.3, -0.25) is 4.57 Å². The lowest BCUT2D eigenvalue weighted by Gasteiger charge is -2.08. The number of nitrogen functional groups attached to an aromatic ring is 1. The van der Waals surface area contributed by atoms with Crippen LogP contribution in [0.4, 0.5) is 22.0 Å². The molecule has 0 bridgehead atoms. The molecule has 0 aliphatic carbocycles. The molecule has 0 saturated heterocycles. The number of benzene rings is 1. The Morgan fingerprint density at radius 1 is 1.24 bits per heavy atom. The van der Waals surface area contributed by atoms with E-state index in [1.54, 1.807) is 42.3 Å². The third-order valence-corrected chi connectivity index (χ3v) is 2.79. The molecular formula is C13H12FN7. The van der Waals surface area contributed by atoms with Gasteiger partial charge in [-0.2, -0.15) is 15.0 Å². The second-order valence-corrected chi connectivity index (χ2v) is 4.38. The summed E-state index contributed by atoms with van der Waals surface area (Å²) < 4.78 is 14.9. The van der Waals surface area contributed by atoms with Gasteiger partial charge in [-0.1, -0.05) is 0 Å². The quantitative estimate of drug-likeness (QED) is 0.762. The highest BCUT2D eigenvalue weighted by Crippen LogP contribution is 2.17. The van der Waals surface area contributed by atoms with Gasteiger partial charge in [0.15, 0.2) is 0 Å². The third kappa shape index (κ3) is 2.78. The van der Waals surface area contributed by atoms with Crippen LogP contribution in [0.5, 0.6) is 0 Å². The monoisotopic (exact) mass is 285 g/mol. The molecule has 2 aromatic heterocycles. The number of hydrogen-bond acceptors (Lipinski definition) is 6. The highest BCUT2D eigenvalue weighted by Gasteiger charge is 2.07. The minimum atomic E-state index is -0.269. The molecule has 0 aliphatic rings. The third-order valence-electron chi connectivity index (χ3n) is 2.79. The number of nitrogens with one attached hydrogen (secondary N) is 1. The van der Waals surface area contributed by atoms with Gasteiger partial charge in [-0.15, -0.1) is 0 Å². The molecule has 106 valence electrons. The van der Waals surface area contributed by atoms with E-state index in [-0.39, 0.29) is 17.7 Å². The molecule has 0 saturated carbocycles. The molecule has 7 nitrogen and oxygen atoms in total. The molecule has 2 heterocycles. The topological polar surface area (TPSA) is 94.5 Å². The zero-order chi connectivity index (χ0) is 14.8. The van der Waals surface area contributed by atoms with Crippen LogP contribution in [0.1, 0.15) is 5.56 Å². The van der Waals surface area contributed by atoms with Crippen LogP contribution < -0.4 is 11.1 Å². The first-order valence-electron chi connectivity index (χ1n) is 6.15. The average Bonchev–Trinajstić information content (AvgIpc) is 2.96. The molecule has 0 spiro atoms. The number of nitrogens with zero attached hydrogens (tertiary/aromatic N) is 5. The van der Waals surface area contributed by atoms with Crippen molar-refractivity contribution in [1.82, 2.24) is 24.5 Å². The lowest BCUT2D eigenvalue weighted by molar-refractivity contribution is 0.619. The van der Waals surface area contributed by atoms with Crippen LogP contribution in [-0.2, 0) is 0 Å². The molecule has 0 aliphatic heterocycles. The molecule has 0 amide bonds. The Kier molecular flexibility index (Phi) is 3.19. The van der Waals surface area contributed by atoms with Crippen molar-refractivity contribution in [3.63, 3.8) is 0 Å². The fraction of sp³-hybridized carbons (Fsp3) is 0.0769. The van der Waals surface area contributed by atoms with E-state index in [2.05, 4.69) is 25.3 Å². The van der Waals surface area contributed by atoms with Crippen molar-refractivity contribution in [2.75, 3.05) is 11.1 Å². The molecule has 0 unspecified atom stereocenters. The van der Waals surface area contributed by atoms with E-state index in [1.165, 1.54) is 6.07 Å².